The van der Waals surface area contributed by atoms with Crippen LogP contribution in [0, 0.1) is 5.82 Å². The zero-order valence-electron chi connectivity index (χ0n) is 25.1. The van der Waals surface area contributed by atoms with Crippen molar-refractivity contribution >= 4 is 21.8 Å². The number of hydrogen-bond acceptors (Lipinski definition) is 7. The Labute approximate surface area is 267 Å². The van der Waals surface area contributed by atoms with Gasteiger partial charge in [-0.3, -0.25) is 14.6 Å². The van der Waals surface area contributed by atoms with Gasteiger partial charge in [-0.1, -0.05) is 48.5 Å². The number of amides is 2. The topological polar surface area (TPSA) is 118 Å². The number of nitrogens with one attached hydrogen (secondary N) is 1. The Morgan fingerprint density at radius 2 is 1.61 bits per heavy atom. The number of benzene rings is 3. The molecule has 0 radical (unpaired) electrons. The van der Waals surface area contributed by atoms with Gasteiger partial charge in [0.25, 0.3) is 5.91 Å². The van der Waals surface area contributed by atoms with E-state index in [4.69, 9.17) is 9.47 Å². The SMILES string of the molecule is O=C(NCc1cccnc1)[C@@H](Cc1ccccc1)N(Cc1ccc(F)cc1)C(=O)COc1ccc(S(=O)(=O)N2CCOCC2)cc1. The fraction of sp³-hybridized carbons (Fsp3) is 0.265. The quantitative estimate of drug-likeness (QED) is 0.236. The van der Waals surface area contributed by atoms with Gasteiger partial charge in [-0.25, -0.2) is 12.8 Å². The van der Waals surface area contributed by atoms with Crippen molar-refractivity contribution in [3.05, 3.63) is 126 Å². The zero-order valence-corrected chi connectivity index (χ0v) is 25.9. The van der Waals surface area contributed by atoms with E-state index in [0.717, 1.165) is 11.1 Å². The minimum absolute atomic E-state index is 0.0248. The molecule has 1 saturated heterocycles. The summed E-state index contributed by atoms with van der Waals surface area (Å²) in [4.78, 5) is 33.2. The van der Waals surface area contributed by atoms with Crippen molar-refractivity contribution < 1.29 is 31.9 Å². The van der Waals surface area contributed by atoms with Gasteiger partial charge >= 0.3 is 0 Å². The highest BCUT2D eigenvalue weighted by atomic mass is 32.2. The Morgan fingerprint density at radius 3 is 2.28 bits per heavy atom. The molecule has 1 aliphatic rings. The molecule has 3 aromatic carbocycles. The molecule has 1 atom stereocenters. The second-order valence-corrected chi connectivity index (χ2v) is 12.6. The van der Waals surface area contributed by atoms with Crippen LogP contribution in [0.5, 0.6) is 5.75 Å². The van der Waals surface area contributed by atoms with Crippen LogP contribution in [0.2, 0.25) is 0 Å². The van der Waals surface area contributed by atoms with Gasteiger partial charge in [0.1, 0.15) is 17.6 Å². The Hall–Kier alpha value is -4.65. The maximum Gasteiger partial charge on any atom is 0.261 e. The lowest BCUT2D eigenvalue weighted by atomic mass is 10.0. The summed E-state index contributed by atoms with van der Waals surface area (Å²) in [7, 11) is -3.69. The van der Waals surface area contributed by atoms with Crippen molar-refractivity contribution in [1.82, 2.24) is 19.5 Å². The molecule has 4 aromatic rings. The molecule has 10 nitrogen and oxygen atoms in total. The van der Waals surface area contributed by atoms with Crippen LogP contribution in [-0.4, -0.2) is 73.4 Å². The van der Waals surface area contributed by atoms with Gasteiger partial charge in [-0.2, -0.15) is 4.31 Å². The van der Waals surface area contributed by atoms with Gasteiger partial charge in [0.15, 0.2) is 6.61 Å². The first-order valence-electron chi connectivity index (χ1n) is 14.8. The number of aromatic nitrogens is 1. The number of carbonyl (C=O) groups is 2. The summed E-state index contributed by atoms with van der Waals surface area (Å²) in [5.74, 6) is -0.983. The minimum Gasteiger partial charge on any atom is -0.484 e. The molecule has 5 rings (SSSR count). The predicted octanol–water partition coefficient (Wildman–Crippen LogP) is 3.58. The lowest BCUT2D eigenvalue weighted by molar-refractivity contribution is -0.142. The summed E-state index contributed by atoms with van der Waals surface area (Å²) in [5.41, 5.74) is 2.28. The summed E-state index contributed by atoms with van der Waals surface area (Å²) >= 11 is 0. The molecule has 0 saturated carbocycles. The molecule has 1 N–H and O–H groups in total. The number of rotatable bonds is 13. The monoisotopic (exact) mass is 646 g/mol. The average molecular weight is 647 g/mol. The molecular formula is C34H35FN4O6S. The highest BCUT2D eigenvalue weighted by molar-refractivity contribution is 7.89. The number of carbonyl (C=O) groups excluding carboxylic acids is 2. The fourth-order valence-electron chi connectivity index (χ4n) is 5.02. The van der Waals surface area contributed by atoms with E-state index in [1.807, 2.05) is 36.4 Å². The van der Waals surface area contributed by atoms with Gasteiger partial charge in [0, 0.05) is 45.0 Å². The second kappa shape index (κ2) is 15.6. The van der Waals surface area contributed by atoms with Gasteiger partial charge in [-0.15, -0.1) is 0 Å². The first-order valence-corrected chi connectivity index (χ1v) is 16.3. The lowest BCUT2D eigenvalue weighted by Crippen LogP contribution is -2.51. The molecule has 1 aromatic heterocycles. The number of halogens is 1. The second-order valence-electron chi connectivity index (χ2n) is 10.7. The van der Waals surface area contributed by atoms with Gasteiger partial charge in [0.05, 0.1) is 18.1 Å². The molecule has 2 heterocycles. The number of ether oxygens (including phenoxy) is 2. The molecule has 2 amide bonds. The summed E-state index contributed by atoms with van der Waals surface area (Å²) in [6.45, 7) is 1.05. The van der Waals surface area contributed by atoms with E-state index >= 15 is 0 Å². The molecule has 1 aliphatic heterocycles. The van der Waals surface area contributed by atoms with Crippen LogP contribution in [0.15, 0.2) is 108 Å². The minimum atomic E-state index is -3.69. The molecule has 12 heteroatoms. The van der Waals surface area contributed by atoms with Crippen LogP contribution < -0.4 is 10.1 Å². The maximum atomic E-state index is 13.9. The molecule has 240 valence electrons. The van der Waals surface area contributed by atoms with E-state index < -0.39 is 34.4 Å². The Morgan fingerprint density at radius 1 is 0.913 bits per heavy atom. The maximum absolute atomic E-state index is 13.9. The summed E-state index contributed by atoms with van der Waals surface area (Å²) < 4.78 is 52.1. The molecule has 0 bridgehead atoms. The van der Waals surface area contributed by atoms with E-state index in [2.05, 4.69) is 10.3 Å². The molecule has 1 fully saturated rings. The fourth-order valence-corrected chi connectivity index (χ4v) is 6.43. The van der Waals surface area contributed by atoms with Crippen LogP contribution in [0.25, 0.3) is 0 Å². The third-order valence-electron chi connectivity index (χ3n) is 7.52. The van der Waals surface area contributed by atoms with Crippen molar-refractivity contribution in [2.24, 2.45) is 0 Å². The van der Waals surface area contributed by atoms with Crippen molar-refractivity contribution in [2.45, 2.75) is 30.4 Å². The van der Waals surface area contributed by atoms with Crippen molar-refractivity contribution in [1.29, 1.82) is 0 Å². The van der Waals surface area contributed by atoms with Gasteiger partial charge < -0.3 is 19.7 Å². The van der Waals surface area contributed by atoms with E-state index in [0.29, 0.717) is 18.8 Å². The largest absolute Gasteiger partial charge is 0.484 e. The van der Waals surface area contributed by atoms with Crippen LogP contribution in [0.3, 0.4) is 0 Å². The number of nitrogens with zero attached hydrogens (tertiary/aromatic N) is 3. The third-order valence-corrected chi connectivity index (χ3v) is 9.43. The number of morpholine rings is 1. The van der Waals surface area contributed by atoms with Crippen LogP contribution >= 0.6 is 0 Å². The van der Waals surface area contributed by atoms with E-state index in [1.165, 1.54) is 45.6 Å². The normalized spacial score (nSPS) is 14.3. The first-order chi connectivity index (χ1) is 22.3. The smallest absolute Gasteiger partial charge is 0.261 e. The van der Waals surface area contributed by atoms with E-state index in [-0.39, 0.29) is 49.2 Å². The Balaban J connectivity index is 1.35. The lowest BCUT2D eigenvalue weighted by Gasteiger charge is -2.31. The highest BCUT2D eigenvalue weighted by Crippen LogP contribution is 2.21. The van der Waals surface area contributed by atoms with Gasteiger partial charge in [-0.05, 0) is 59.2 Å². The molecule has 0 aliphatic carbocycles. The first kappa shape index (κ1) is 32.7. The molecular weight excluding hydrogens is 611 g/mol. The van der Waals surface area contributed by atoms with E-state index in [9.17, 15) is 22.4 Å². The number of hydrogen-bond donors (Lipinski definition) is 1. The molecule has 0 unspecified atom stereocenters. The van der Waals surface area contributed by atoms with E-state index in [1.54, 1.807) is 30.6 Å². The molecule has 46 heavy (non-hydrogen) atoms. The summed E-state index contributed by atoms with van der Waals surface area (Å²) in [6.07, 6.45) is 3.52. The number of sulfonamides is 1. The predicted molar refractivity (Wildman–Crippen MR) is 168 cm³/mol. The van der Waals surface area contributed by atoms with Gasteiger partial charge in [0.2, 0.25) is 15.9 Å². The Bertz CT molecular complexity index is 1690. The zero-order chi connectivity index (χ0) is 32.4. The highest BCUT2D eigenvalue weighted by Gasteiger charge is 2.31. The summed E-state index contributed by atoms with van der Waals surface area (Å²) in [5, 5.41) is 2.93. The van der Waals surface area contributed by atoms with Crippen molar-refractivity contribution in [3.8, 4) is 5.75 Å². The summed E-state index contributed by atoms with van der Waals surface area (Å²) in [6, 6.07) is 23.6. The Kier molecular flexibility index (Phi) is 11.1. The average Bonchev–Trinajstić information content (AvgIpc) is 3.10. The standard InChI is InChI=1S/C34H35FN4O6S/c35-29-10-8-27(9-11-29)24-39(32(21-26-5-2-1-3-6-26)34(41)37-23-28-7-4-16-36-22-28)33(40)25-45-30-12-14-31(15-13-30)46(42,43)38-17-19-44-20-18-38/h1-16,22,32H,17-21,23-25H2,(H,37,41)/t32-/m1/s1. The van der Waals surface area contributed by atoms with Crippen molar-refractivity contribution in [2.75, 3.05) is 32.9 Å². The molecule has 0 spiro atoms. The van der Waals surface area contributed by atoms with Crippen molar-refractivity contribution in [3.63, 3.8) is 0 Å². The third kappa shape index (κ3) is 8.75. The van der Waals surface area contributed by atoms with Crippen LogP contribution in [0.4, 0.5) is 4.39 Å². The van der Waals surface area contributed by atoms with Crippen LogP contribution in [-0.2, 0) is 43.9 Å². The van der Waals surface area contributed by atoms with Crippen LogP contribution in [0.1, 0.15) is 16.7 Å². The number of pyridine rings is 1.